The molecular formula is C33H43N3O6S2. The van der Waals surface area contributed by atoms with Gasteiger partial charge in [-0.2, -0.15) is 0 Å². The molecule has 3 aromatic rings. The van der Waals surface area contributed by atoms with E-state index in [4.69, 9.17) is 9.47 Å². The van der Waals surface area contributed by atoms with E-state index < -0.39 is 34.1 Å². The fourth-order valence-electron chi connectivity index (χ4n) is 4.67. The maximum absolute atomic E-state index is 14.4. The van der Waals surface area contributed by atoms with Crippen LogP contribution in [0.4, 0.5) is 5.69 Å². The minimum atomic E-state index is -4.24. The fourth-order valence-corrected chi connectivity index (χ4v) is 6.50. The van der Waals surface area contributed by atoms with Gasteiger partial charge >= 0.3 is 0 Å². The second kappa shape index (κ2) is 15.3. The molecular weight excluding hydrogens is 599 g/mol. The molecule has 44 heavy (non-hydrogen) atoms. The lowest BCUT2D eigenvalue weighted by Gasteiger charge is -2.35. The summed E-state index contributed by atoms with van der Waals surface area (Å²) in [4.78, 5) is 30.3. The van der Waals surface area contributed by atoms with Gasteiger partial charge in [-0.15, -0.1) is 11.8 Å². The molecule has 1 N–H and O–H groups in total. The quantitative estimate of drug-likeness (QED) is 0.224. The molecule has 238 valence electrons. The summed E-state index contributed by atoms with van der Waals surface area (Å²) in [6.07, 6.45) is 2.22. The highest BCUT2D eigenvalue weighted by atomic mass is 32.2. The largest absolute Gasteiger partial charge is 0.497 e. The van der Waals surface area contributed by atoms with Gasteiger partial charge in [-0.25, -0.2) is 8.42 Å². The van der Waals surface area contributed by atoms with Crippen molar-refractivity contribution in [3.05, 3.63) is 78.4 Å². The van der Waals surface area contributed by atoms with E-state index in [-0.39, 0.29) is 23.0 Å². The van der Waals surface area contributed by atoms with E-state index in [1.54, 1.807) is 68.6 Å². The van der Waals surface area contributed by atoms with Crippen LogP contribution in [0.1, 0.15) is 46.6 Å². The average Bonchev–Trinajstić information content (AvgIpc) is 2.99. The molecule has 0 saturated carbocycles. The molecule has 2 amide bonds. The maximum atomic E-state index is 14.4. The number of rotatable bonds is 14. The van der Waals surface area contributed by atoms with Crippen LogP contribution >= 0.6 is 11.8 Å². The Labute approximate surface area is 266 Å². The monoisotopic (exact) mass is 641 g/mol. The van der Waals surface area contributed by atoms with Crippen LogP contribution in [0.2, 0.25) is 0 Å². The molecule has 3 rings (SSSR count). The van der Waals surface area contributed by atoms with Crippen molar-refractivity contribution in [3.8, 4) is 11.5 Å². The molecule has 0 spiro atoms. The zero-order chi connectivity index (χ0) is 32.5. The molecule has 0 aliphatic carbocycles. The van der Waals surface area contributed by atoms with Crippen molar-refractivity contribution in [1.29, 1.82) is 0 Å². The van der Waals surface area contributed by atoms with Gasteiger partial charge in [-0.1, -0.05) is 31.2 Å². The Bertz CT molecular complexity index is 1520. The summed E-state index contributed by atoms with van der Waals surface area (Å²) in [7, 11) is -2.68. The van der Waals surface area contributed by atoms with Crippen molar-refractivity contribution in [2.24, 2.45) is 0 Å². The van der Waals surface area contributed by atoms with Crippen LogP contribution in [0.3, 0.4) is 0 Å². The highest BCUT2D eigenvalue weighted by Gasteiger charge is 2.35. The summed E-state index contributed by atoms with van der Waals surface area (Å²) >= 11 is 1.50. The van der Waals surface area contributed by atoms with Crippen molar-refractivity contribution in [3.63, 3.8) is 0 Å². The average molecular weight is 642 g/mol. The van der Waals surface area contributed by atoms with Crippen LogP contribution in [0, 0.1) is 0 Å². The lowest BCUT2D eigenvalue weighted by atomic mass is 10.1. The molecule has 0 bridgehead atoms. The number of anilines is 1. The van der Waals surface area contributed by atoms with E-state index >= 15 is 0 Å². The SMILES string of the molecule is CCOc1ccccc1N(CC(=O)N(Cc1cccc(OC)c1)[C@@H](CC)C(=O)NC(C)(C)C)S(=O)(=O)c1ccc(SC)cc1. The van der Waals surface area contributed by atoms with E-state index in [2.05, 4.69) is 5.32 Å². The second-order valence-electron chi connectivity index (χ2n) is 11.1. The van der Waals surface area contributed by atoms with Crippen molar-refractivity contribution < 1.29 is 27.5 Å². The third-order valence-electron chi connectivity index (χ3n) is 6.73. The van der Waals surface area contributed by atoms with E-state index in [0.717, 1.165) is 14.8 Å². The summed E-state index contributed by atoms with van der Waals surface area (Å²) in [5.41, 5.74) is 0.422. The number of sulfonamides is 1. The van der Waals surface area contributed by atoms with Gasteiger partial charge < -0.3 is 19.7 Å². The van der Waals surface area contributed by atoms with Gasteiger partial charge in [-0.05, 0) is 94.5 Å². The highest BCUT2D eigenvalue weighted by molar-refractivity contribution is 7.98. The van der Waals surface area contributed by atoms with Crippen molar-refractivity contribution in [2.45, 2.75) is 69.0 Å². The molecule has 3 aromatic carbocycles. The zero-order valence-electron chi connectivity index (χ0n) is 26.5. The molecule has 0 heterocycles. The van der Waals surface area contributed by atoms with E-state index in [0.29, 0.717) is 24.5 Å². The number of benzene rings is 3. The molecule has 0 aromatic heterocycles. The Morgan fingerprint density at radius 1 is 0.977 bits per heavy atom. The lowest BCUT2D eigenvalue weighted by Crippen LogP contribution is -2.55. The summed E-state index contributed by atoms with van der Waals surface area (Å²) in [6, 6.07) is 19.6. The number of thioether (sulfide) groups is 1. The number of ether oxygens (including phenoxy) is 2. The number of nitrogens with one attached hydrogen (secondary N) is 1. The van der Waals surface area contributed by atoms with Crippen molar-refractivity contribution >= 4 is 39.3 Å². The second-order valence-corrected chi connectivity index (χ2v) is 13.9. The first-order valence-electron chi connectivity index (χ1n) is 14.5. The lowest BCUT2D eigenvalue weighted by molar-refractivity contribution is -0.141. The molecule has 1 atom stereocenters. The van der Waals surface area contributed by atoms with Crippen LogP contribution in [-0.4, -0.2) is 63.2 Å². The van der Waals surface area contributed by atoms with E-state index in [1.165, 1.54) is 28.8 Å². The van der Waals surface area contributed by atoms with Gasteiger partial charge in [0.05, 0.1) is 24.3 Å². The minimum absolute atomic E-state index is 0.0336. The maximum Gasteiger partial charge on any atom is 0.264 e. The standard InChI is InChI=1S/C33H43N3O6S2/c1-8-28(32(38)34-33(3,4)5)35(22-24-13-12-14-25(21-24)41-6)31(37)23-36(29-15-10-11-16-30(29)42-9-2)44(39,40)27-19-17-26(43-7)18-20-27/h10-21,28H,8-9,22-23H2,1-7H3,(H,34,38)/t28-/m0/s1. The molecule has 11 heteroatoms. The molecule has 9 nitrogen and oxygen atoms in total. The molecule has 0 radical (unpaired) electrons. The molecule has 0 unspecified atom stereocenters. The summed E-state index contributed by atoms with van der Waals surface area (Å²) in [5, 5.41) is 2.98. The number of amides is 2. The molecule has 0 saturated heterocycles. The third kappa shape index (κ3) is 8.92. The Hall–Kier alpha value is -3.70. The number of hydrogen-bond donors (Lipinski definition) is 1. The topological polar surface area (TPSA) is 105 Å². The van der Waals surface area contributed by atoms with Crippen LogP contribution in [0.5, 0.6) is 11.5 Å². The summed E-state index contributed by atoms with van der Waals surface area (Å²) in [5.74, 6) is 0.0574. The Morgan fingerprint density at radius 2 is 1.66 bits per heavy atom. The normalized spacial score (nSPS) is 12.2. The van der Waals surface area contributed by atoms with Gasteiger partial charge in [0.1, 0.15) is 24.1 Å². The predicted molar refractivity (Wildman–Crippen MR) is 176 cm³/mol. The van der Waals surface area contributed by atoms with Crippen molar-refractivity contribution in [2.75, 3.05) is 30.8 Å². The van der Waals surface area contributed by atoms with E-state index in [9.17, 15) is 18.0 Å². The predicted octanol–water partition coefficient (Wildman–Crippen LogP) is 5.73. The summed E-state index contributed by atoms with van der Waals surface area (Å²) in [6.45, 7) is 9.04. The van der Waals surface area contributed by atoms with Gasteiger partial charge in [-0.3, -0.25) is 13.9 Å². The smallest absolute Gasteiger partial charge is 0.264 e. The van der Waals surface area contributed by atoms with Crippen LogP contribution in [0.15, 0.2) is 82.6 Å². The first kappa shape index (κ1) is 34.8. The number of nitrogens with zero attached hydrogens (tertiary/aromatic N) is 2. The summed E-state index contributed by atoms with van der Waals surface area (Å²) < 4.78 is 40.7. The zero-order valence-corrected chi connectivity index (χ0v) is 28.1. The fraction of sp³-hybridized carbons (Fsp3) is 0.394. The van der Waals surface area contributed by atoms with Crippen LogP contribution < -0.4 is 19.1 Å². The molecule has 0 fully saturated rings. The van der Waals surface area contributed by atoms with Gasteiger partial charge in [0.15, 0.2) is 0 Å². The Morgan fingerprint density at radius 3 is 2.25 bits per heavy atom. The first-order valence-corrected chi connectivity index (χ1v) is 17.1. The number of carbonyl (C=O) groups is 2. The van der Waals surface area contributed by atoms with Gasteiger partial charge in [0, 0.05) is 17.0 Å². The van der Waals surface area contributed by atoms with E-state index in [1.807, 2.05) is 40.0 Å². The molecule has 0 aliphatic heterocycles. The van der Waals surface area contributed by atoms with Gasteiger partial charge in [0.25, 0.3) is 10.0 Å². The van der Waals surface area contributed by atoms with Crippen molar-refractivity contribution in [1.82, 2.24) is 10.2 Å². The minimum Gasteiger partial charge on any atom is -0.497 e. The van der Waals surface area contributed by atoms with Gasteiger partial charge in [0.2, 0.25) is 11.8 Å². The van der Waals surface area contributed by atoms with Crippen LogP contribution in [0.25, 0.3) is 0 Å². The molecule has 0 aliphatic rings. The Balaban J connectivity index is 2.14. The first-order chi connectivity index (χ1) is 20.8. The highest BCUT2D eigenvalue weighted by Crippen LogP contribution is 2.33. The Kier molecular flexibility index (Phi) is 12.1. The number of hydrogen-bond acceptors (Lipinski definition) is 7. The number of carbonyl (C=O) groups excluding carboxylic acids is 2. The van der Waals surface area contributed by atoms with Crippen LogP contribution in [-0.2, 0) is 26.2 Å². The number of para-hydroxylation sites is 2. The number of methoxy groups -OCH3 is 1. The third-order valence-corrected chi connectivity index (χ3v) is 9.25.